The summed E-state index contributed by atoms with van der Waals surface area (Å²) in [5, 5.41) is 13.6. The number of thiophene rings is 1. The topological polar surface area (TPSA) is 75.4 Å². The highest BCUT2D eigenvalue weighted by Crippen LogP contribution is 2.39. The van der Waals surface area contributed by atoms with E-state index < -0.39 is 6.04 Å². The van der Waals surface area contributed by atoms with Crippen LogP contribution in [0, 0.1) is 20.8 Å². The molecule has 3 aromatic rings. The fourth-order valence-electron chi connectivity index (χ4n) is 4.16. The zero-order chi connectivity index (χ0) is 24.4. The van der Waals surface area contributed by atoms with Crippen molar-refractivity contribution in [3.05, 3.63) is 62.5 Å². The van der Waals surface area contributed by atoms with Crippen LogP contribution < -0.4 is 5.32 Å². The molecule has 3 heterocycles. The Hall–Kier alpha value is -2.55. The van der Waals surface area contributed by atoms with Gasteiger partial charge in [0.2, 0.25) is 5.91 Å². The van der Waals surface area contributed by atoms with E-state index in [1.807, 2.05) is 31.2 Å². The molecule has 34 heavy (non-hydrogen) atoms. The summed E-state index contributed by atoms with van der Waals surface area (Å²) in [6, 6.07) is 7.28. The molecule has 0 fully saturated rings. The smallest absolute Gasteiger partial charge is 0.222 e. The lowest BCUT2D eigenvalue weighted by Crippen LogP contribution is -2.27. The molecule has 1 aliphatic heterocycles. The highest BCUT2D eigenvalue weighted by molar-refractivity contribution is 7.15. The number of benzene rings is 1. The Bertz CT molecular complexity index is 1210. The van der Waals surface area contributed by atoms with Crippen molar-refractivity contribution in [2.45, 2.75) is 46.1 Å². The number of nitrogens with one attached hydrogen (secondary N) is 1. The second kappa shape index (κ2) is 10.4. The number of unbranched alkanes of at least 4 members (excludes halogenated alkanes) is 1. The number of amides is 1. The molecule has 0 saturated heterocycles. The fraction of sp³-hybridized carbons (Fsp3) is 0.440. The van der Waals surface area contributed by atoms with Gasteiger partial charge in [0.05, 0.1) is 12.1 Å². The van der Waals surface area contributed by atoms with Crippen LogP contribution in [0.5, 0.6) is 0 Å². The Balaban J connectivity index is 1.69. The molecule has 1 amide bonds. The number of hydrogen-bond acceptors (Lipinski definition) is 6. The average Bonchev–Trinajstić information content (AvgIpc) is 3.26. The summed E-state index contributed by atoms with van der Waals surface area (Å²) in [7, 11) is 4.11. The largest absolute Gasteiger partial charge is 0.356 e. The summed E-state index contributed by atoms with van der Waals surface area (Å²) >= 11 is 7.87. The lowest BCUT2D eigenvalue weighted by Gasteiger charge is -2.13. The van der Waals surface area contributed by atoms with E-state index >= 15 is 0 Å². The molecule has 0 radical (unpaired) electrons. The van der Waals surface area contributed by atoms with Gasteiger partial charge in [0.15, 0.2) is 5.82 Å². The zero-order valence-electron chi connectivity index (χ0n) is 20.4. The molecule has 0 saturated carbocycles. The van der Waals surface area contributed by atoms with Crippen molar-refractivity contribution >= 4 is 34.6 Å². The molecule has 9 heteroatoms. The monoisotopic (exact) mass is 498 g/mol. The van der Waals surface area contributed by atoms with Crippen LogP contribution in [0.4, 0.5) is 0 Å². The first-order valence-electron chi connectivity index (χ1n) is 11.5. The summed E-state index contributed by atoms with van der Waals surface area (Å²) in [4.78, 5) is 21.4. The Kier molecular flexibility index (Phi) is 7.50. The minimum Gasteiger partial charge on any atom is -0.356 e. The van der Waals surface area contributed by atoms with Gasteiger partial charge >= 0.3 is 0 Å². The van der Waals surface area contributed by atoms with Crippen molar-refractivity contribution < 1.29 is 4.79 Å². The Morgan fingerprint density at radius 3 is 2.59 bits per heavy atom. The van der Waals surface area contributed by atoms with Crippen molar-refractivity contribution in [2.24, 2.45) is 4.99 Å². The lowest BCUT2D eigenvalue weighted by atomic mass is 9.99. The minimum absolute atomic E-state index is 0.0283. The number of aryl methyl sites for hydroxylation is 2. The molecule has 1 unspecified atom stereocenters. The number of carbonyl (C=O) groups is 1. The quantitative estimate of drug-likeness (QED) is 0.459. The first-order valence-corrected chi connectivity index (χ1v) is 12.7. The van der Waals surface area contributed by atoms with Gasteiger partial charge < -0.3 is 10.2 Å². The predicted molar refractivity (Wildman–Crippen MR) is 139 cm³/mol. The zero-order valence-corrected chi connectivity index (χ0v) is 21.9. The second-order valence-electron chi connectivity index (χ2n) is 8.97. The van der Waals surface area contributed by atoms with Gasteiger partial charge in [-0.25, -0.2) is 0 Å². The Morgan fingerprint density at radius 1 is 1.15 bits per heavy atom. The van der Waals surface area contributed by atoms with E-state index in [0.29, 0.717) is 17.4 Å². The summed E-state index contributed by atoms with van der Waals surface area (Å²) < 4.78 is 2.07. The molecule has 1 aromatic carbocycles. The predicted octanol–water partition coefficient (Wildman–Crippen LogP) is 4.65. The molecule has 4 rings (SSSR count). The molecule has 0 spiro atoms. The van der Waals surface area contributed by atoms with Crippen LogP contribution in [-0.2, 0) is 4.79 Å². The van der Waals surface area contributed by atoms with Gasteiger partial charge in [-0.2, -0.15) is 0 Å². The molecular weight excluding hydrogens is 468 g/mol. The standard InChI is InChI=1S/C25H31ClN6OS/c1-15-16(2)34-25-22(15)23(18-8-10-19(26)11-9-18)28-20(24-30-29-17(3)32(24)25)14-21(33)27-12-6-7-13-31(4)5/h8-11,20H,6-7,12-14H2,1-5H3,(H,27,33). The van der Waals surface area contributed by atoms with E-state index in [0.717, 1.165) is 47.1 Å². The highest BCUT2D eigenvalue weighted by Gasteiger charge is 2.32. The van der Waals surface area contributed by atoms with Gasteiger partial charge in [-0.1, -0.05) is 23.7 Å². The summed E-state index contributed by atoms with van der Waals surface area (Å²) in [6.45, 7) is 7.85. The number of aromatic nitrogens is 3. The third-order valence-electron chi connectivity index (χ3n) is 6.09. The molecule has 2 aromatic heterocycles. The van der Waals surface area contributed by atoms with Gasteiger partial charge in [0, 0.05) is 27.6 Å². The maximum Gasteiger partial charge on any atom is 0.222 e. The SMILES string of the molecule is Cc1sc2c(c1C)C(c1ccc(Cl)cc1)=NC(CC(=O)NCCCCN(C)C)c1nnc(C)n1-2. The number of nitrogens with zero attached hydrogens (tertiary/aromatic N) is 5. The van der Waals surface area contributed by atoms with Gasteiger partial charge in [-0.05, 0) is 71.9 Å². The number of rotatable bonds is 8. The van der Waals surface area contributed by atoms with E-state index in [9.17, 15) is 4.79 Å². The third kappa shape index (κ3) is 5.09. The van der Waals surface area contributed by atoms with E-state index in [4.69, 9.17) is 16.6 Å². The highest BCUT2D eigenvalue weighted by atomic mass is 35.5. The number of carbonyl (C=O) groups excluding carboxylic acids is 1. The van der Waals surface area contributed by atoms with Crippen LogP contribution >= 0.6 is 22.9 Å². The third-order valence-corrected chi connectivity index (χ3v) is 7.53. The molecule has 1 atom stereocenters. The van der Waals surface area contributed by atoms with Crippen LogP contribution in [0.1, 0.15) is 58.5 Å². The summed E-state index contributed by atoms with van der Waals surface area (Å²) in [6.07, 6.45) is 2.21. The van der Waals surface area contributed by atoms with Crippen molar-refractivity contribution in [1.29, 1.82) is 0 Å². The van der Waals surface area contributed by atoms with Crippen LogP contribution in [0.15, 0.2) is 29.3 Å². The van der Waals surface area contributed by atoms with Gasteiger partial charge in [0.25, 0.3) is 0 Å². The van der Waals surface area contributed by atoms with Crippen LogP contribution in [0.2, 0.25) is 5.02 Å². The van der Waals surface area contributed by atoms with E-state index in [2.05, 4.69) is 52.9 Å². The van der Waals surface area contributed by atoms with Crippen molar-refractivity contribution in [3.63, 3.8) is 0 Å². The number of fused-ring (bicyclic) bond motifs is 3. The van der Waals surface area contributed by atoms with Crippen LogP contribution in [0.25, 0.3) is 5.00 Å². The molecule has 1 aliphatic rings. The lowest BCUT2D eigenvalue weighted by molar-refractivity contribution is -0.121. The van der Waals surface area contributed by atoms with Crippen molar-refractivity contribution in [1.82, 2.24) is 25.0 Å². The normalized spacial score (nSPS) is 15.0. The van der Waals surface area contributed by atoms with Crippen LogP contribution in [0.3, 0.4) is 0 Å². The first kappa shape index (κ1) is 24.6. The van der Waals surface area contributed by atoms with E-state index in [1.54, 1.807) is 11.3 Å². The van der Waals surface area contributed by atoms with Crippen LogP contribution in [-0.4, -0.2) is 58.5 Å². The maximum absolute atomic E-state index is 12.9. The maximum atomic E-state index is 12.9. The van der Waals surface area contributed by atoms with Crippen molar-refractivity contribution in [3.8, 4) is 5.00 Å². The number of hydrogen-bond donors (Lipinski definition) is 1. The number of halogens is 1. The first-order chi connectivity index (χ1) is 16.3. The average molecular weight is 499 g/mol. The van der Waals surface area contributed by atoms with Gasteiger partial charge in [0.1, 0.15) is 16.9 Å². The van der Waals surface area contributed by atoms with E-state index in [1.165, 1.54) is 10.4 Å². The van der Waals surface area contributed by atoms with Gasteiger partial charge in [-0.15, -0.1) is 21.5 Å². The number of aliphatic imine (C=N–C) groups is 1. The summed E-state index contributed by atoms with van der Waals surface area (Å²) in [5.74, 6) is 1.46. The fourth-order valence-corrected chi connectivity index (χ4v) is 5.50. The van der Waals surface area contributed by atoms with Gasteiger partial charge in [-0.3, -0.25) is 14.4 Å². The van der Waals surface area contributed by atoms with Crippen molar-refractivity contribution in [2.75, 3.05) is 27.2 Å². The minimum atomic E-state index is -0.437. The molecule has 0 aliphatic carbocycles. The molecular formula is C25H31ClN6OS. The summed E-state index contributed by atoms with van der Waals surface area (Å²) in [5.41, 5.74) is 4.08. The molecule has 1 N–H and O–H groups in total. The van der Waals surface area contributed by atoms with E-state index in [-0.39, 0.29) is 12.3 Å². The Labute approximate surface area is 209 Å². The molecule has 180 valence electrons. The molecule has 0 bridgehead atoms. The molecule has 7 nitrogen and oxygen atoms in total. The second-order valence-corrected chi connectivity index (χ2v) is 10.6. The Morgan fingerprint density at radius 2 is 1.88 bits per heavy atom.